The van der Waals surface area contributed by atoms with Crippen molar-refractivity contribution >= 4 is 6.34 Å². The van der Waals surface area contributed by atoms with Crippen LogP contribution >= 0.6 is 0 Å². The van der Waals surface area contributed by atoms with Crippen LogP contribution in [0.25, 0.3) is 0 Å². The molecule has 2 heteroatoms. The van der Waals surface area contributed by atoms with Gasteiger partial charge in [0.15, 0.2) is 6.34 Å². The monoisotopic (exact) mass is 99.1 g/mol. The zero-order chi connectivity index (χ0) is 5.54. The predicted molar refractivity (Wildman–Crippen MR) is 31.7 cm³/mol. The van der Waals surface area contributed by atoms with Crippen molar-refractivity contribution in [3.63, 3.8) is 0 Å². The van der Waals surface area contributed by atoms with Gasteiger partial charge in [-0.05, 0) is 13.8 Å². The molecular weight excluding hydrogens is 88.1 g/mol. The van der Waals surface area contributed by atoms with Crippen molar-refractivity contribution in [2.75, 3.05) is 13.1 Å². The Hall–Kier alpha value is -0.530. The van der Waals surface area contributed by atoms with Crippen LogP contribution in [0.1, 0.15) is 13.8 Å². The first kappa shape index (κ1) is 6.47. The molecule has 0 fully saturated rings. The summed E-state index contributed by atoms with van der Waals surface area (Å²) in [6.45, 7) is 5.71. The summed E-state index contributed by atoms with van der Waals surface area (Å²) in [7, 11) is 0. The number of hydrogen-bond donors (Lipinski definition) is 1. The molecule has 0 unspecified atom stereocenters. The van der Waals surface area contributed by atoms with Crippen LogP contribution in [0.3, 0.4) is 0 Å². The van der Waals surface area contributed by atoms with E-state index in [1.165, 1.54) is 0 Å². The van der Waals surface area contributed by atoms with Gasteiger partial charge >= 0.3 is 0 Å². The molecule has 0 rings (SSSR count). The lowest BCUT2D eigenvalue weighted by molar-refractivity contribution is 0.972. The van der Waals surface area contributed by atoms with E-state index in [1.807, 2.05) is 13.8 Å². The minimum Gasteiger partial charge on any atom is -0.368 e. The summed E-state index contributed by atoms with van der Waals surface area (Å²) in [5, 5.41) is 2.83. The molecule has 0 aliphatic rings. The van der Waals surface area contributed by atoms with Crippen LogP contribution in [0.2, 0.25) is 0 Å². The first-order chi connectivity index (χ1) is 3.41. The first-order valence-corrected chi connectivity index (χ1v) is 2.56. The van der Waals surface area contributed by atoms with Crippen molar-refractivity contribution in [1.82, 2.24) is 5.32 Å². The normalized spacial score (nSPS) is 10.0. The second-order valence-corrected chi connectivity index (χ2v) is 1.12. The fraction of sp³-hybridized carbons (Fsp3) is 0.800. The van der Waals surface area contributed by atoms with Crippen LogP contribution in [0.4, 0.5) is 0 Å². The van der Waals surface area contributed by atoms with Crippen LogP contribution in [0.15, 0.2) is 4.99 Å². The maximum Gasteiger partial charge on any atom is 0.164 e. The van der Waals surface area contributed by atoms with E-state index in [4.69, 9.17) is 0 Å². The molecule has 0 amide bonds. The van der Waals surface area contributed by atoms with Crippen LogP contribution in [0, 0.1) is 0 Å². The topological polar surface area (TPSA) is 24.4 Å². The van der Waals surface area contributed by atoms with E-state index in [0.717, 1.165) is 13.1 Å². The summed E-state index contributed by atoms with van der Waals surface area (Å²) in [6, 6.07) is 0. The number of hydrogen-bond acceptors (Lipinski definition) is 1. The van der Waals surface area contributed by atoms with Crippen LogP contribution < -0.4 is 5.32 Å². The van der Waals surface area contributed by atoms with Crippen LogP contribution in [-0.4, -0.2) is 19.4 Å². The Labute approximate surface area is 44.6 Å². The van der Waals surface area contributed by atoms with E-state index in [2.05, 4.69) is 16.6 Å². The third-order valence-electron chi connectivity index (χ3n) is 0.493. The molecular formula is C5H11N2. The van der Waals surface area contributed by atoms with Gasteiger partial charge in [0, 0.05) is 13.1 Å². The van der Waals surface area contributed by atoms with Crippen molar-refractivity contribution in [1.29, 1.82) is 0 Å². The SMILES string of the molecule is CC/N=[C]/NCC. The first-order valence-electron chi connectivity index (χ1n) is 2.56. The van der Waals surface area contributed by atoms with E-state index in [1.54, 1.807) is 0 Å². The Morgan fingerprint density at radius 3 is 2.71 bits per heavy atom. The van der Waals surface area contributed by atoms with E-state index in [-0.39, 0.29) is 0 Å². The second-order valence-electron chi connectivity index (χ2n) is 1.12. The minimum atomic E-state index is 0.812. The summed E-state index contributed by atoms with van der Waals surface area (Å²) < 4.78 is 0. The fourth-order valence-corrected chi connectivity index (χ4v) is 0.214. The maximum atomic E-state index is 3.80. The summed E-state index contributed by atoms with van der Waals surface area (Å²) in [5.74, 6) is 0. The standard InChI is InChI=1S/C5H11N2/c1-3-6-5-7-4-2/h3-4H2,1-2H3,(H,6,7). The predicted octanol–water partition coefficient (Wildman–Crippen LogP) is 0.521. The Kier molecular flexibility index (Phi) is 5.06. The number of nitrogens with one attached hydrogen (secondary N) is 1. The second kappa shape index (κ2) is 5.47. The Morgan fingerprint density at radius 1 is 1.57 bits per heavy atom. The summed E-state index contributed by atoms with van der Waals surface area (Å²) in [6.07, 6.45) is 2.66. The highest BCUT2D eigenvalue weighted by Crippen LogP contribution is 1.57. The van der Waals surface area contributed by atoms with E-state index >= 15 is 0 Å². The van der Waals surface area contributed by atoms with Crippen molar-refractivity contribution in [3.8, 4) is 0 Å². The molecule has 0 aliphatic heterocycles. The Bertz CT molecular complexity index is 50.0. The summed E-state index contributed by atoms with van der Waals surface area (Å²) >= 11 is 0. The minimum absolute atomic E-state index is 0.812. The van der Waals surface area contributed by atoms with Crippen molar-refractivity contribution in [2.24, 2.45) is 4.99 Å². The molecule has 0 heterocycles. The molecule has 2 nitrogen and oxygen atoms in total. The highest BCUT2D eigenvalue weighted by Gasteiger charge is 1.65. The molecule has 1 N–H and O–H groups in total. The molecule has 0 aromatic heterocycles. The molecule has 0 spiro atoms. The fourth-order valence-electron chi connectivity index (χ4n) is 0.214. The van der Waals surface area contributed by atoms with Gasteiger partial charge in [0.2, 0.25) is 0 Å². The average Bonchev–Trinajstić information content (AvgIpc) is 1.69. The van der Waals surface area contributed by atoms with E-state index in [9.17, 15) is 0 Å². The highest BCUT2D eigenvalue weighted by atomic mass is 14.9. The molecule has 7 heavy (non-hydrogen) atoms. The van der Waals surface area contributed by atoms with E-state index < -0.39 is 0 Å². The summed E-state index contributed by atoms with van der Waals surface area (Å²) in [5.41, 5.74) is 0. The van der Waals surface area contributed by atoms with Gasteiger partial charge in [0.25, 0.3) is 0 Å². The molecule has 0 aromatic carbocycles. The zero-order valence-corrected chi connectivity index (χ0v) is 4.86. The van der Waals surface area contributed by atoms with Gasteiger partial charge in [-0.1, -0.05) is 0 Å². The molecule has 0 bridgehead atoms. The lowest BCUT2D eigenvalue weighted by Gasteiger charge is -1.85. The highest BCUT2D eigenvalue weighted by molar-refractivity contribution is 5.53. The van der Waals surface area contributed by atoms with Gasteiger partial charge < -0.3 is 5.32 Å². The van der Waals surface area contributed by atoms with Gasteiger partial charge in [0.1, 0.15) is 0 Å². The molecule has 0 atom stereocenters. The van der Waals surface area contributed by atoms with Gasteiger partial charge in [-0.2, -0.15) is 0 Å². The third kappa shape index (κ3) is 5.47. The molecule has 0 aromatic rings. The number of aliphatic imine (C=N–C) groups is 1. The Morgan fingerprint density at radius 2 is 2.29 bits per heavy atom. The molecule has 41 valence electrons. The molecule has 0 saturated carbocycles. The van der Waals surface area contributed by atoms with Gasteiger partial charge in [-0.25, -0.2) is 0 Å². The Balaban J connectivity index is 2.78. The van der Waals surface area contributed by atoms with Crippen LogP contribution in [-0.2, 0) is 0 Å². The zero-order valence-electron chi connectivity index (χ0n) is 4.86. The quantitative estimate of drug-likeness (QED) is 0.311. The largest absolute Gasteiger partial charge is 0.368 e. The average molecular weight is 99.2 g/mol. The van der Waals surface area contributed by atoms with E-state index in [0.29, 0.717) is 0 Å². The van der Waals surface area contributed by atoms with Crippen molar-refractivity contribution < 1.29 is 0 Å². The lowest BCUT2D eigenvalue weighted by atomic mass is 10.7. The van der Waals surface area contributed by atoms with Crippen molar-refractivity contribution in [2.45, 2.75) is 13.8 Å². The van der Waals surface area contributed by atoms with Crippen LogP contribution in [0.5, 0.6) is 0 Å². The van der Waals surface area contributed by atoms with Gasteiger partial charge in [-0.3, -0.25) is 4.99 Å². The smallest absolute Gasteiger partial charge is 0.164 e. The van der Waals surface area contributed by atoms with Gasteiger partial charge in [0.05, 0.1) is 0 Å². The number of rotatable bonds is 3. The maximum absolute atomic E-state index is 3.80. The summed E-state index contributed by atoms with van der Waals surface area (Å²) in [4.78, 5) is 3.80. The lowest BCUT2D eigenvalue weighted by Crippen LogP contribution is -2.08. The molecule has 1 radical (unpaired) electrons. The molecule has 0 saturated heterocycles. The van der Waals surface area contributed by atoms with Gasteiger partial charge in [-0.15, -0.1) is 0 Å². The van der Waals surface area contributed by atoms with Crippen molar-refractivity contribution in [3.05, 3.63) is 0 Å². The molecule has 0 aliphatic carbocycles. The third-order valence-corrected chi connectivity index (χ3v) is 0.493. The number of nitrogens with zero attached hydrogens (tertiary/aromatic N) is 1.